The number of nitrogens with two attached hydrogens (primary N) is 1. The van der Waals surface area contributed by atoms with Crippen molar-refractivity contribution < 1.29 is 19.1 Å². The molecule has 2 rings (SSSR count). The molecular weight excluding hydrogens is 292 g/mol. The van der Waals surface area contributed by atoms with Gasteiger partial charge in [0.2, 0.25) is 0 Å². The first kappa shape index (κ1) is 15.4. The topological polar surface area (TPSA) is 81.9 Å². The van der Waals surface area contributed by atoms with Crippen LogP contribution in [0.3, 0.4) is 0 Å². The molecule has 1 aliphatic rings. The summed E-state index contributed by atoms with van der Waals surface area (Å²) >= 11 is 0.902. The summed E-state index contributed by atoms with van der Waals surface area (Å²) in [6.07, 6.45) is 1.64. The molecule has 1 aliphatic heterocycles. The molecule has 6 nitrogen and oxygen atoms in total. The fourth-order valence-corrected chi connectivity index (χ4v) is 2.76. The maximum atomic E-state index is 12.1. The predicted octanol–water partition coefficient (Wildman–Crippen LogP) is 1.70. The Morgan fingerprint density at radius 3 is 2.67 bits per heavy atom. The Morgan fingerprint density at radius 1 is 1.29 bits per heavy atom. The van der Waals surface area contributed by atoms with Crippen molar-refractivity contribution in [2.75, 3.05) is 27.3 Å². The highest BCUT2D eigenvalue weighted by molar-refractivity contribution is 8.18. The number of methoxy groups -OCH3 is 2. The molecule has 7 heteroatoms. The van der Waals surface area contributed by atoms with E-state index in [1.54, 1.807) is 31.4 Å². The standard InChI is InChI=1S/C14H16N2O4S/c1-19-10-4-3-9(11(8-10)20-2)7-12-13(17)16(6-5-15)14(18)21-12/h3-4,7-8H,5-6,15H2,1-2H3/b12-7-. The van der Waals surface area contributed by atoms with Crippen molar-refractivity contribution in [1.29, 1.82) is 0 Å². The van der Waals surface area contributed by atoms with E-state index < -0.39 is 0 Å². The van der Waals surface area contributed by atoms with Gasteiger partial charge in [-0.05, 0) is 30.0 Å². The SMILES string of the molecule is COc1ccc(/C=C2\SC(=O)N(CCN)C2=O)c(OC)c1. The second-order valence-electron chi connectivity index (χ2n) is 4.23. The van der Waals surface area contributed by atoms with Crippen molar-refractivity contribution in [3.05, 3.63) is 28.7 Å². The van der Waals surface area contributed by atoms with Gasteiger partial charge in [0.15, 0.2) is 0 Å². The number of thioether (sulfide) groups is 1. The molecule has 0 spiro atoms. The molecule has 0 unspecified atom stereocenters. The Bertz CT molecular complexity index is 601. The Balaban J connectivity index is 2.32. The molecule has 2 N–H and O–H groups in total. The molecule has 1 aromatic carbocycles. The van der Waals surface area contributed by atoms with E-state index in [0.717, 1.165) is 16.7 Å². The second-order valence-corrected chi connectivity index (χ2v) is 5.22. The van der Waals surface area contributed by atoms with Gasteiger partial charge in [0.05, 0.1) is 19.1 Å². The van der Waals surface area contributed by atoms with Crippen LogP contribution in [-0.2, 0) is 4.79 Å². The lowest BCUT2D eigenvalue weighted by Crippen LogP contribution is -2.33. The van der Waals surface area contributed by atoms with Gasteiger partial charge in [-0.15, -0.1) is 0 Å². The molecule has 0 atom stereocenters. The van der Waals surface area contributed by atoms with E-state index in [2.05, 4.69) is 0 Å². The summed E-state index contributed by atoms with van der Waals surface area (Å²) in [5.41, 5.74) is 6.10. The highest BCUT2D eigenvalue weighted by Gasteiger charge is 2.34. The number of nitrogens with zero attached hydrogens (tertiary/aromatic N) is 1. The summed E-state index contributed by atoms with van der Waals surface area (Å²) in [5.74, 6) is 0.897. The van der Waals surface area contributed by atoms with E-state index in [1.165, 1.54) is 7.11 Å². The van der Waals surface area contributed by atoms with E-state index in [9.17, 15) is 9.59 Å². The van der Waals surface area contributed by atoms with Crippen LogP contribution in [0.2, 0.25) is 0 Å². The molecule has 0 aliphatic carbocycles. The molecule has 0 radical (unpaired) electrons. The highest BCUT2D eigenvalue weighted by Crippen LogP contribution is 2.34. The number of benzene rings is 1. The molecule has 0 aromatic heterocycles. The summed E-state index contributed by atoms with van der Waals surface area (Å²) < 4.78 is 10.4. The summed E-state index contributed by atoms with van der Waals surface area (Å²) in [6.45, 7) is 0.471. The molecule has 0 saturated carbocycles. The summed E-state index contributed by atoms with van der Waals surface area (Å²) in [6, 6.07) is 5.25. The van der Waals surface area contributed by atoms with Crippen LogP contribution in [0.4, 0.5) is 4.79 Å². The van der Waals surface area contributed by atoms with Crippen molar-refractivity contribution in [3.8, 4) is 11.5 Å². The molecule has 1 fully saturated rings. The maximum absolute atomic E-state index is 12.1. The normalized spacial score (nSPS) is 16.7. The van der Waals surface area contributed by atoms with Gasteiger partial charge in [0.25, 0.3) is 11.1 Å². The van der Waals surface area contributed by atoms with E-state index >= 15 is 0 Å². The molecule has 1 saturated heterocycles. The van der Waals surface area contributed by atoms with Crippen LogP contribution in [0.5, 0.6) is 11.5 Å². The van der Waals surface area contributed by atoms with Crippen LogP contribution in [0.15, 0.2) is 23.1 Å². The van der Waals surface area contributed by atoms with Crippen molar-refractivity contribution in [1.82, 2.24) is 4.90 Å². The van der Waals surface area contributed by atoms with Gasteiger partial charge in [-0.1, -0.05) is 0 Å². The van der Waals surface area contributed by atoms with Gasteiger partial charge in [0.1, 0.15) is 11.5 Å². The van der Waals surface area contributed by atoms with Gasteiger partial charge in [-0.3, -0.25) is 14.5 Å². The van der Waals surface area contributed by atoms with E-state index in [4.69, 9.17) is 15.2 Å². The summed E-state index contributed by atoms with van der Waals surface area (Å²) in [4.78, 5) is 25.4. The molecule has 2 amide bonds. The van der Waals surface area contributed by atoms with Gasteiger partial charge in [-0.2, -0.15) is 0 Å². The third-order valence-electron chi connectivity index (χ3n) is 2.95. The molecule has 1 heterocycles. The average molecular weight is 308 g/mol. The largest absolute Gasteiger partial charge is 0.497 e. The number of hydrogen-bond donors (Lipinski definition) is 1. The van der Waals surface area contributed by atoms with Crippen LogP contribution in [-0.4, -0.2) is 43.4 Å². The van der Waals surface area contributed by atoms with Crippen molar-refractivity contribution in [2.24, 2.45) is 5.73 Å². The zero-order valence-electron chi connectivity index (χ0n) is 11.8. The van der Waals surface area contributed by atoms with Gasteiger partial charge < -0.3 is 15.2 Å². The third-order valence-corrected chi connectivity index (χ3v) is 3.86. The van der Waals surface area contributed by atoms with Crippen LogP contribution in [0, 0.1) is 0 Å². The minimum absolute atomic E-state index is 0.224. The minimum Gasteiger partial charge on any atom is -0.497 e. The van der Waals surface area contributed by atoms with Crippen molar-refractivity contribution in [3.63, 3.8) is 0 Å². The van der Waals surface area contributed by atoms with Crippen molar-refractivity contribution in [2.45, 2.75) is 0 Å². The number of amides is 2. The zero-order valence-corrected chi connectivity index (χ0v) is 12.6. The van der Waals surface area contributed by atoms with E-state index in [-0.39, 0.29) is 24.2 Å². The number of hydrogen-bond acceptors (Lipinski definition) is 6. The van der Waals surface area contributed by atoms with Crippen LogP contribution >= 0.6 is 11.8 Å². The lowest BCUT2D eigenvalue weighted by atomic mass is 10.1. The second kappa shape index (κ2) is 6.64. The molecule has 112 valence electrons. The maximum Gasteiger partial charge on any atom is 0.293 e. The summed E-state index contributed by atoms with van der Waals surface area (Å²) in [5, 5.41) is -0.302. The lowest BCUT2D eigenvalue weighted by Gasteiger charge is -2.10. The third kappa shape index (κ3) is 3.20. The minimum atomic E-state index is -0.326. The number of rotatable bonds is 5. The fourth-order valence-electron chi connectivity index (χ4n) is 1.90. The molecule has 1 aromatic rings. The van der Waals surface area contributed by atoms with Gasteiger partial charge in [0, 0.05) is 24.7 Å². The lowest BCUT2D eigenvalue weighted by molar-refractivity contribution is -0.122. The average Bonchev–Trinajstić information content (AvgIpc) is 2.75. The van der Waals surface area contributed by atoms with E-state index in [0.29, 0.717) is 22.0 Å². The van der Waals surface area contributed by atoms with Crippen LogP contribution < -0.4 is 15.2 Å². The molecule has 0 bridgehead atoms. The Kier molecular flexibility index (Phi) is 4.87. The quantitative estimate of drug-likeness (QED) is 0.834. The predicted molar refractivity (Wildman–Crippen MR) is 81.3 cm³/mol. The number of ether oxygens (including phenoxy) is 2. The Morgan fingerprint density at radius 2 is 2.05 bits per heavy atom. The highest BCUT2D eigenvalue weighted by atomic mass is 32.2. The Hall–Kier alpha value is -1.99. The van der Waals surface area contributed by atoms with Crippen molar-refractivity contribution >= 4 is 29.0 Å². The summed E-state index contributed by atoms with van der Waals surface area (Å²) in [7, 11) is 3.10. The number of carbonyl (C=O) groups is 2. The van der Waals surface area contributed by atoms with Gasteiger partial charge >= 0.3 is 0 Å². The van der Waals surface area contributed by atoms with E-state index in [1.807, 2.05) is 0 Å². The molecular formula is C14H16N2O4S. The smallest absolute Gasteiger partial charge is 0.293 e. The Labute approximate surface area is 126 Å². The fraction of sp³-hybridized carbons (Fsp3) is 0.286. The number of carbonyl (C=O) groups excluding carboxylic acids is 2. The first-order valence-electron chi connectivity index (χ1n) is 6.28. The van der Waals surface area contributed by atoms with Crippen LogP contribution in [0.1, 0.15) is 5.56 Å². The first-order valence-corrected chi connectivity index (χ1v) is 7.09. The zero-order chi connectivity index (χ0) is 15.4. The first-order chi connectivity index (χ1) is 10.1. The van der Waals surface area contributed by atoms with Crippen LogP contribution in [0.25, 0.3) is 6.08 Å². The monoisotopic (exact) mass is 308 g/mol. The molecule has 21 heavy (non-hydrogen) atoms. The van der Waals surface area contributed by atoms with Gasteiger partial charge in [-0.25, -0.2) is 0 Å². The number of imide groups is 1.